The Balaban J connectivity index is 2.10. The van der Waals surface area contributed by atoms with Gasteiger partial charge in [-0.1, -0.05) is 27.7 Å². The summed E-state index contributed by atoms with van der Waals surface area (Å²) in [6.07, 6.45) is 0.855. The minimum absolute atomic E-state index is 0.00549. The van der Waals surface area contributed by atoms with E-state index in [1.165, 1.54) is 0 Å². The molecule has 0 fully saturated rings. The van der Waals surface area contributed by atoms with Crippen LogP contribution in [-0.4, -0.2) is 41.2 Å². The van der Waals surface area contributed by atoms with Crippen molar-refractivity contribution in [3.8, 4) is 45.6 Å². The largest absolute Gasteiger partial charge is 0.493 e. The smallest absolute Gasteiger partial charge is 0.309 e. The lowest BCUT2D eigenvalue weighted by Gasteiger charge is -2.35. The van der Waals surface area contributed by atoms with Gasteiger partial charge in [-0.3, -0.25) is 4.79 Å². The minimum atomic E-state index is -0.536. The Labute approximate surface area is 212 Å². The van der Waals surface area contributed by atoms with Gasteiger partial charge in [0.15, 0.2) is 23.0 Å². The summed E-state index contributed by atoms with van der Waals surface area (Å²) >= 11 is 0. The van der Waals surface area contributed by atoms with Gasteiger partial charge in [-0.05, 0) is 36.5 Å². The fourth-order valence-corrected chi connectivity index (χ4v) is 5.04. The predicted molar refractivity (Wildman–Crippen MR) is 135 cm³/mol. The number of esters is 1. The Kier molecular flexibility index (Phi) is 7.43. The fourth-order valence-electron chi connectivity index (χ4n) is 5.04. The molecule has 0 saturated heterocycles. The van der Waals surface area contributed by atoms with Crippen molar-refractivity contribution < 1.29 is 38.0 Å². The minimum Gasteiger partial charge on any atom is -0.493 e. The van der Waals surface area contributed by atoms with Crippen molar-refractivity contribution in [2.75, 3.05) is 35.2 Å². The van der Waals surface area contributed by atoms with E-state index in [0.29, 0.717) is 47.3 Å². The Morgan fingerprint density at radius 2 is 1.67 bits per heavy atom. The molecule has 0 amide bonds. The monoisotopic (exact) mass is 500 g/mol. The summed E-state index contributed by atoms with van der Waals surface area (Å²) in [6, 6.07) is 3.89. The number of rotatable bonds is 7. The molecule has 1 aliphatic heterocycles. The first-order valence-corrected chi connectivity index (χ1v) is 12.3. The number of methoxy groups -OCH3 is 4. The molecule has 2 aliphatic rings. The van der Waals surface area contributed by atoms with Gasteiger partial charge in [0, 0.05) is 22.6 Å². The molecular formula is C28H36O8. The van der Waals surface area contributed by atoms with Gasteiger partial charge in [0.1, 0.15) is 6.10 Å². The van der Waals surface area contributed by atoms with Gasteiger partial charge in [-0.25, -0.2) is 0 Å². The molecule has 196 valence electrons. The molecule has 4 rings (SSSR count). The summed E-state index contributed by atoms with van der Waals surface area (Å²) in [5.41, 5.74) is 3.31. The van der Waals surface area contributed by atoms with Crippen LogP contribution in [0.15, 0.2) is 12.1 Å². The maximum absolute atomic E-state index is 13.1. The SMILES string of the molecule is CCC(C)C(=O)OC1c2cc3c(c(OC)c2-c2c(cc(OC)c(OC)c2OC)CC(C)C1C)OCO3. The summed E-state index contributed by atoms with van der Waals surface area (Å²) in [6.45, 7) is 8.22. The van der Waals surface area contributed by atoms with Crippen molar-refractivity contribution in [3.05, 3.63) is 23.3 Å². The topological polar surface area (TPSA) is 81.7 Å². The predicted octanol–water partition coefficient (Wildman–Crippen LogP) is 5.58. The Morgan fingerprint density at radius 3 is 2.28 bits per heavy atom. The number of carbonyl (C=O) groups is 1. The lowest BCUT2D eigenvalue weighted by Crippen LogP contribution is -2.28. The van der Waals surface area contributed by atoms with Crippen LogP contribution in [0.4, 0.5) is 0 Å². The molecule has 0 saturated carbocycles. The Morgan fingerprint density at radius 1 is 0.972 bits per heavy atom. The highest BCUT2D eigenvalue weighted by molar-refractivity contribution is 5.89. The third-order valence-corrected chi connectivity index (χ3v) is 7.50. The molecule has 4 atom stereocenters. The molecule has 0 N–H and O–H groups in total. The fraction of sp³-hybridized carbons (Fsp3) is 0.536. The van der Waals surface area contributed by atoms with E-state index in [9.17, 15) is 4.79 Å². The van der Waals surface area contributed by atoms with E-state index < -0.39 is 6.10 Å². The van der Waals surface area contributed by atoms with Crippen LogP contribution in [0.3, 0.4) is 0 Å². The van der Waals surface area contributed by atoms with Crippen LogP contribution in [0.5, 0.6) is 34.5 Å². The molecule has 8 nitrogen and oxygen atoms in total. The molecule has 1 heterocycles. The number of hydrogen-bond donors (Lipinski definition) is 0. The zero-order chi connectivity index (χ0) is 26.1. The summed E-state index contributed by atoms with van der Waals surface area (Å²) in [4.78, 5) is 13.1. The number of carbonyl (C=O) groups excluding carboxylic acids is 1. The second-order valence-corrected chi connectivity index (χ2v) is 9.49. The van der Waals surface area contributed by atoms with Crippen molar-refractivity contribution in [3.63, 3.8) is 0 Å². The van der Waals surface area contributed by atoms with E-state index in [4.69, 9.17) is 33.2 Å². The second-order valence-electron chi connectivity index (χ2n) is 9.49. The van der Waals surface area contributed by atoms with Crippen LogP contribution in [0.2, 0.25) is 0 Å². The molecule has 36 heavy (non-hydrogen) atoms. The van der Waals surface area contributed by atoms with Crippen molar-refractivity contribution >= 4 is 5.97 Å². The maximum Gasteiger partial charge on any atom is 0.309 e. The van der Waals surface area contributed by atoms with Gasteiger partial charge < -0.3 is 33.2 Å². The van der Waals surface area contributed by atoms with E-state index in [2.05, 4.69) is 13.8 Å². The first-order chi connectivity index (χ1) is 17.3. The highest BCUT2D eigenvalue weighted by atomic mass is 16.7. The van der Waals surface area contributed by atoms with Crippen LogP contribution in [0.1, 0.15) is 51.3 Å². The van der Waals surface area contributed by atoms with Crippen molar-refractivity contribution in [2.24, 2.45) is 17.8 Å². The lowest BCUT2D eigenvalue weighted by molar-refractivity contribution is -0.157. The summed E-state index contributed by atoms with van der Waals surface area (Å²) in [7, 11) is 6.38. The molecular weight excluding hydrogens is 464 g/mol. The van der Waals surface area contributed by atoms with Gasteiger partial charge in [-0.15, -0.1) is 0 Å². The first kappa shape index (κ1) is 25.8. The van der Waals surface area contributed by atoms with Crippen LogP contribution in [0, 0.1) is 17.8 Å². The highest BCUT2D eigenvalue weighted by Crippen LogP contribution is 2.58. The molecule has 0 spiro atoms. The molecule has 0 aromatic heterocycles. The molecule has 4 unspecified atom stereocenters. The third-order valence-electron chi connectivity index (χ3n) is 7.50. The zero-order valence-electron chi connectivity index (χ0n) is 22.4. The van der Waals surface area contributed by atoms with Crippen LogP contribution < -0.4 is 28.4 Å². The van der Waals surface area contributed by atoms with Crippen molar-refractivity contribution in [1.82, 2.24) is 0 Å². The third kappa shape index (κ3) is 4.16. The van der Waals surface area contributed by atoms with Gasteiger partial charge in [0.05, 0.1) is 34.4 Å². The van der Waals surface area contributed by atoms with Crippen molar-refractivity contribution in [1.29, 1.82) is 0 Å². The van der Waals surface area contributed by atoms with Gasteiger partial charge in [0.2, 0.25) is 18.3 Å². The van der Waals surface area contributed by atoms with E-state index in [-0.39, 0.29) is 30.5 Å². The number of fused-ring (bicyclic) bond motifs is 4. The number of ether oxygens (including phenoxy) is 7. The summed E-state index contributed by atoms with van der Waals surface area (Å²) in [5.74, 6) is 2.82. The van der Waals surface area contributed by atoms with E-state index in [1.54, 1.807) is 28.4 Å². The second kappa shape index (κ2) is 10.4. The summed E-state index contributed by atoms with van der Waals surface area (Å²) < 4.78 is 41.1. The van der Waals surface area contributed by atoms with Gasteiger partial charge >= 0.3 is 5.97 Å². The summed E-state index contributed by atoms with van der Waals surface area (Å²) in [5, 5.41) is 0. The number of hydrogen-bond acceptors (Lipinski definition) is 8. The average Bonchev–Trinajstić information content (AvgIpc) is 3.36. The standard InChI is InChI=1S/C28H36O8/c1-9-14(2)28(29)36-23-16(4)15(3)10-17-11-19(30-5)24(31-6)26(32-7)21(17)22-18(23)12-20-25(27(22)33-8)35-13-34-20/h11-12,14-16,23H,9-10,13H2,1-8H3. The molecule has 1 aliphatic carbocycles. The molecule has 0 radical (unpaired) electrons. The Bertz CT molecular complexity index is 1140. The van der Waals surface area contributed by atoms with Crippen molar-refractivity contribution in [2.45, 2.75) is 46.6 Å². The van der Waals surface area contributed by atoms with Gasteiger partial charge in [0.25, 0.3) is 0 Å². The van der Waals surface area contributed by atoms with E-state index >= 15 is 0 Å². The van der Waals surface area contributed by atoms with Gasteiger partial charge in [-0.2, -0.15) is 0 Å². The quantitative estimate of drug-likeness (QED) is 0.456. The molecule has 8 heteroatoms. The lowest BCUT2D eigenvalue weighted by atomic mass is 9.75. The molecule has 0 bridgehead atoms. The van der Waals surface area contributed by atoms with Crippen LogP contribution >= 0.6 is 0 Å². The van der Waals surface area contributed by atoms with Crippen LogP contribution in [0.25, 0.3) is 11.1 Å². The zero-order valence-corrected chi connectivity index (χ0v) is 22.4. The maximum atomic E-state index is 13.1. The number of benzene rings is 2. The molecule has 2 aromatic rings. The Hall–Kier alpha value is -3.29. The molecule has 2 aromatic carbocycles. The first-order valence-electron chi connectivity index (χ1n) is 12.3. The average molecular weight is 501 g/mol. The van der Waals surface area contributed by atoms with E-state index in [0.717, 1.165) is 22.3 Å². The normalized spacial score (nSPS) is 20.8. The van der Waals surface area contributed by atoms with Crippen LogP contribution in [-0.2, 0) is 16.0 Å². The highest BCUT2D eigenvalue weighted by Gasteiger charge is 2.40. The van der Waals surface area contributed by atoms with E-state index in [1.807, 2.05) is 26.0 Å².